The van der Waals surface area contributed by atoms with Crippen LogP contribution in [-0.2, 0) is 0 Å². The van der Waals surface area contributed by atoms with E-state index >= 15 is 0 Å². The number of urea groups is 1. The minimum Gasteiger partial charge on any atom is -0.497 e. The summed E-state index contributed by atoms with van der Waals surface area (Å²) in [5.74, 6) is 2.77. The van der Waals surface area contributed by atoms with Gasteiger partial charge in [-0.25, -0.2) is 4.79 Å². The molecule has 2 amide bonds. The second kappa shape index (κ2) is 9.59. The Morgan fingerprint density at radius 1 is 1.03 bits per heavy atom. The first kappa shape index (κ1) is 21.5. The van der Waals surface area contributed by atoms with Gasteiger partial charge in [0, 0.05) is 36.0 Å². The summed E-state index contributed by atoms with van der Waals surface area (Å²) in [6, 6.07) is 12.1. The van der Waals surface area contributed by atoms with E-state index in [1.165, 1.54) is 0 Å². The first-order chi connectivity index (χ1) is 15.6. The number of hydrogen-bond donors (Lipinski definition) is 1. The van der Waals surface area contributed by atoms with Crippen LogP contribution in [0, 0.1) is 0 Å². The lowest BCUT2D eigenvalue weighted by atomic mass is 10.0. The van der Waals surface area contributed by atoms with Gasteiger partial charge in [0.2, 0.25) is 11.7 Å². The highest BCUT2D eigenvalue weighted by atomic mass is 16.5. The van der Waals surface area contributed by atoms with Crippen LogP contribution in [0.2, 0.25) is 0 Å². The van der Waals surface area contributed by atoms with Crippen LogP contribution in [0.3, 0.4) is 0 Å². The average molecular weight is 438 g/mol. The largest absolute Gasteiger partial charge is 0.497 e. The zero-order valence-corrected chi connectivity index (χ0v) is 18.3. The zero-order chi connectivity index (χ0) is 22.5. The van der Waals surface area contributed by atoms with Gasteiger partial charge in [0.1, 0.15) is 23.3 Å². The molecule has 9 nitrogen and oxygen atoms in total. The molecule has 4 rings (SSSR count). The summed E-state index contributed by atoms with van der Waals surface area (Å²) in [7, 11) is 4.74. The van der Waals surface area contributed by atoms with Crippen LogP contribution in [0.15, 0.2) is 47.0 Å². The fraction of sp³-hybridized carbons (Fsp3) is 0.348. The number of nitrogens with zero attached hydrogens (tertiary/aromatic N) is 3. The zero-order valence-electron chi connectivity index (χ0n) is 18.3. The topological polar surface area (TPSA) is 99.0 Å². The maximum atomic E-state index is 13.1. The Hall–Kier alpha value is -3.75. The number of carbonyl (C=O) groups is 1. The van der Waals surface area contributed by atoms with Crippen LogP contribution < -0.4 is 19.5 Å². The fourth-order valence-corrected chi connectivity index (χ4v) is 3.76. The number of hydrogen-bond acceptors (Lipinski definition) is 7. The van der Waals surface area contributed by atoms with Crippen molar-refractivity contribution in [2.45, 2.75) is 25.3 Å². The first-order valence-corrected chi connectivity index (χ1v) is 10.4. The lowest BCUT2D eigenvalue weighted by Gasteiger charge is -2.33. The Bertz CT molecular complexity index is 1060. The van der Waals surface area contributed by atoms with E-state index in [1.54, 1.807) is 44.4 Å². The molecule has 1 atom stereocenters. The van der Waals surface area contributed by atoms with E-state index in [-0.39, 0.29) is 12.1 Å². The second-order valence-electron chi connectivity index (χ2n) is 7.42. The Kier molecular flexibility index (Phi) is 6.44. The van der Waals surface area contributed by atoms with Crippen LogP contribution in [0.25, 0.3) is 11.4 Å². The highest BCUT2D eigenvalue weighted by Gasteiger charge is 2.32. The van der Waals surface area contributed by atoms with E-state index < -0.39 is 0 Å². The van der Waals surface area contributed by atoms with E-state index in [0.29, 0.717) is 41.2 Å². The number of amides is 2. The maximum absolute atomic E-state index is 13.1. The lowest BCUT2D eigenvalue weighted by molar-refractivity contribution is 0.142. The first-order valence-electron chi connectivity index (χ1n) is 10.4. The molecule has 1 unspecified atom stereocenters. The molecule has 2 heterocycles. The van der Waals surface area contributed by atoms with Gasteiger partial charge in [-0.1, -0.05) is 17.3 Å². The summed E-state index contributed by atoms with van der Waals surface area (Å²) in [6.07, 6.45) is 2.62. The van der Waals surface area contributed by atoms with Gasteiger partial charge in [-0.15, -0.1) is 0 Å². The maximum Gasteiger partial charge on any atom is 0.322 e. The number of aromatic nitrogens is 2. The van der Waals surface area contributed by atoms with E-state index in [2.05, 4.69) is 15.5 Å². The molecule has 168 valence electrons. The molecule has 9 heteroatoms. The Morgan fingerprint density at radius 2 is 1.78 bits per heavy atom. The lowest BCUT2D eigenvalue weighted by Crippen LogP contribution is -2.41. The van der Waals surface area contributed by atoms with Gasteiger partial charge in [-0.05, 0) is 31.4 Å². The molecule has 0 bridgehead atoms. The summed E-state index contributed by atoms with van der Waals surface area (Å²) in [5, 5.41) is 7.06. The summed E-state index contributed by atoms with van der Waals surface area (Å²) >= 11 is 0. The van der Waals surface area contributed by atoms with Gasteiger partial charge < -0.3 is 29.0 Å². The molecule has 1 N–H and O–H groups in total. The smallest absolute Gasteiger partial charge is 0.322 e. The number of methoxy groups -OCH3 is 3. The van der Waals surface area contributed by atoms with Crippen molar-refractivity contribution >= 4 is 11.7 Å². The van der Waals surface area contributed by atoms with Crippen molar-refractivity contribution in [3.8, 4) is 28.6 Å². The van der Waals surface area contributed by atoms with Crippen LogP contribution in [0.1, 0.15) is 31.2 Å². The van der Waals surface area contributed by atoms with Crippen LogP contribution in [-0.4, -0.2) is 48.9 Å². The number of carbonyl (C=O) groups excluding carboxylic acids is 1. The molecule has 1 aliphatic heterocycles. The molecular weight excluding hydrogens is 412 g/mol. The fourth-order valence-electron chi connectivity index (χ4n) is 3.76. The molecule has 0 saturated carbocycles. The number of piperidine rings is 1. The van der Waals surface area contributed by atoms with E-state index in [1.807, 2.05) is 24.3 Å². The van der Waals surface area contributed by atoms with E-state index in [0.717, 1.165) is 24.8 Å². The molecule has 1 saturated heterocycles. The third kappa shape index (κ3) is 4.61. The summed E-state index contributed by atoms with van der Waals surface area (Å²) in [4.78, 5) is 19.5. The quantitative estimate of drug-likeness (QED) is 0.604. The second-order valence-corrected chi connectivity index (χ2v) is 7.42. The SMILES string of the molecule is COc1cc(NC(=O)N2CCCCC2c2nc(-c3cccc(OC)c3)no2)cc(OC)c1. The van der Waals surface area contributed by atoms with Gasteiger partial charge in [0.05, 0.1) is 21.3 Å². The average Bonchev–Trinajstić information content (AvgIpc) is 3.34. The molecule has 0 radical (unpaired) electrons. The van der Waals surface area contributed by atoms with Gasteiger partial charge in [-0.3, -0.25) is 0 Å². The summed E-state index contributed by atoms with van der Waals surface area (Å²) in [5.41, 5.74) is 1.37. The third-order valence-corrected chi connectivity index (χ3v) is 5.42. The van der Waals surface area contributed by atoms with Crippen LogP contribution in [0.4, 0.5) is 10.5 Å². The third-order valence-electron chi connectivity index (χ3n) is 5.42. The summed E-state index contributed by atoms with van der Waals surface area (Å²) < 4.78 is 21.4. The van der Waals surface area contributed by atoms with Crippen molar-refractivity contribution in [2.75, 3.05) is 33.2 Å². The molecule has 2 aromatic carbocycles. The monoisotopic (exact) mass is 438 g/mol. The molecule has 1 aliphatic rings. The number of anilines is 1. The predicted octanol–water partition coefficient (Wildman–Crippen LogP) is 4.52. The Balaban J connectivity index is 1.54. The van der Waals surface area contributed by atoms with E-state index in [9.17, 15) is 4.79 Å². The number of rotatable bonds is 6. The number of benzene rings is 2. The molecule has 0 spiro atoms. The predicted molar refractivity (Wildman–Crippen MR) is 118 cm³/mol. The molecule has 1 fully saturated rings. The highest BCUT2D eigenvalue weighted by molar-refractivity contribution is 5.90. The minimum atomic E-state index is -0.303. The Labute approximate surface area is 186 Å². The van der Waals surface area contributed by atoms with Crippen molar-refractivity contribution in [3.63, 3.8) is 0 Å². The van der Waals surface area contributed by atoms with Gasteiger partial charge >= 0.3 is 6.03 Å². The minimum absolute atomic E-state index is 0.244. The standard InChI is InChI=1S/C23H26N4O5/c1-29-17-8-6-7-15(11-17)21-25-22(32-26-21)20-9-4-5-10-27(20)23(28)24-16-12-18(30-2)14-19(13-16)31-3/h6-8,11-14,20H,4-5,9-10H2,1-3H3,(H,24,28). The highest BCUT2D eigenvalue weighted by Crippen LogP contribution is 2.33. The van der Waals surface area contributed by atoms with Gasteiger partial charge in [0.15, 0.2) is 0 Å². The van der Waals surface area contributed by atoms with Crippen molar-refractivity contribution in [1.82, 2.24) is 15.0 Å². The summed E-state index contributed by atoms with van der Waals surface area (Å²) in [6.45, 7) is 0.592. The van der Waals surface area contributed by atoms with E-state index in [4.69, 9.17) is 18.7 Å². The van der Waals surface area contributed by atoms with Crippen LogP contribution in [0.5, 0.6) is 17.2 Å². The molecule has 32 heavy (non-hydrogen) atoms. The number of ether oxygens (including phenoxy) is 3. The van der Waals surface area contributed by atoms with Crippen molar-refractivity contribution in [1.29, 1.82) is 0 Å². The van der Waals surface area contributed by atoms with Crippen LogP contribution >= 0.6 is 0 Å². The van der Waals surface area contributed by atoms with Gasteiger partial charge in [0.25, 0.3) is 0 Å². The van der Waals surface area contributed by atoms with Crippen molar-refractivity contribution in [2.24, 2.45) is 0 Å². The number of nitrogens with one attached hydrogen (secondary N) is 1. The molecule has 3 aromatic rings. The van der Waals surface area contributed by atoms with Crippen molar-refractivity contribution < 1.29 is 23.5 Å². The molecule has 1 aromatic heterocycles. The Morgan fingerprint density at radius 3 is 2.50 bits per heavy atom. The normalized spacial score (nSPS) is 15.8. The molecular formula is C23H26N4O5. The molecule has 0 aliphatic carbocycles. The van der Waals surface area contributed by atoms with Gasteiger partial charge in [-0.2, -0.15) is 4.98 Å². The van der Waals surface area contributed by atoms with Crippen molar-refractivity contribution in [3.05, 3.63) is 48.4 Å². The number of likely N-dealkylation sites (tertiary alicyclic amines) is 1.